The summed E-state index contributed by atoms with van der Waals surface area (Å²) in [6, 6.07) is 1.09. The Hall–Kier alpha value is -0.160. The zero-order valence-electron chi connectivity index (χ0n) is 12.0. The van der Waals surface area contributed by atoms with E-state index in [0.717, 1.165) is 39.3 Å². The molecule has 4 unspecified atom stereocenters. The number of hydrogen-bond acceptors (Lipinski definition) is 4. The van der Waals surface area contributed by atoms with Crippen LogP contribution in [-0.4, -0.2) is 62.0 Å². The molecule has 0 amide bonds. The number of nitrogens with zero attached hydrogens (tertiary/aromatic N) is 1. The molecule has 0 saturated carbocycles. The number of morpholine rings is 1. The first-order chi connectivity index (χ1) is 8.70. The minimum absolute atomic E-state index is 0.336. The molecule has 4 nitrogen and oxygen atoms in total. The van der Waals surface area contributed by atoms with Crippen molar-refractivity contribution in [2.24, 2.45) is 0 Å². The summed E-state index contributed by atoms with van der Waals surface area (Å²) in [6.07, 6.45) is 3.00. The van der Waals surface area contributed by atoms with Gasteiger partial charge in [0.25, 0.3) is 0 Å². The Kier molecular flexibility index (Phi) is 5.42. The molecular formula is C14H28N2O2. The standard InChI is InChI=1S/C14H28N2O2/c1-4-6-15-13-5-7-17-10-14(13)16-8-11(2)18-12(3)9-16/h11-15H,4-10H2,1-3H3. The molecule has 0 aromatic heterocycles. The van der Waals surface area contributed by atoms with Crippen molar-refractivity contribution in [2.75, 3.05) is 32.8 Å². The van der Waals surface area contributed by atoms with E-state index in [0.29, 0.717) is 24.3 Å². The molecular weight excluding hydrogens is 228 g/mol. The maximum atomic E-state index is 5.82. The Morgan fingerprint density at radius 1 is 1.22 bits per heavy atom. The van der Waals surface area contributed by atoms with Crippen LogP contribution in [0.3, 0.4) is 0 Å². The monoisotopic (exact) mass is 256 g/mol. The minimum Gasteiger partial charge on any atom is -0.380 e. The van der Waals surface area contributed by atoms with Crippen LogP contribution in [0.5, 0.6) is 0 Å². The number of rotatable bonds is 4. The Bertz CT molecular complexity index is 240. The summed E-state index contributed by atoms with van der Waals surface area (Å²) in [7, 11) is 0. The highest BCUT2D eigenvalue weighted by Gasteiger charge is 2.34. The van der Waals surface area contributed by atoms with Crippen molar-refractivity contribution in [2.45, 2.75) is 57.9 Å². The van der Waals surface area contributed by atoms with Gasteiger partial charge in [0, 0.05) is 31.8 Å². The van der Waals surface area contributed by atoms with E-state index in [-0.39, 0.29) is 0 Å². The molecule has 0 radical (unpaired) electrons. The zero-order chi connectivity index (χ0) is 13.0. The molecule has 2 saturated heterocycles. The van der Waals surface area contributed by atoms with Crippen molar-refractivity contribution in [3.8, 4) is 0 Å². The number of nitrogens with one attached hydrogen (secondary N) is 1. The number of ether oxygens (including phenoxy) is 2. The molecule has 2 aliphatic heterocycles. The molecule has 2 fully saturated rings. The van der Waals surface area contributed by atoms with Gasteiger partial charge in [-0.15, -0.1) is 0 Å². The molecule has 0 aromatic carbocycles. The highest BCUT2D eigenvalue weighted by Crippen LogP contribution is 2.20. The third-order valence-corrected chi connectivity index (χ3v) is 3.90. The molecule has 2 aliphatic rings. The summed E-state index contributed by atoms with van der Waals surface area (Å²) >= 11 is 0. The average molecular weight is 256 g/mol. The smallest absolute Gasteiger partial charge is 0.0678 e. The first-order valence-electron chi connectivity index (χ1n) is 7.41. The Morgan fingerprint density at radius 2 is 1.94 bits per heavy atom. The van der Waals surface area contributed by atoms with Gasteiger partial charge in [0.15, 0.2) is 0 Å². The van der Waals surface area contributed by atoms with Crippen molar-refractivity contribution in [3.05, 3.63) is 0 Å². The zero-order valence-corrected chi connectivity index (χ0v) is 12.0. The second kappa shape index (κ2) is 6.85. The van der Waals surface area contributed by atoms with Crippen LogP contribution < -0.4 is 5.32 Å². The molecule has 2 heterocycles. The van der Waals surface area contributed by atoms with Gasteiger partial charge in [0.1, 0.15) is 0 Å². The molecule has 4 heteroatoms. The van der Waals surface area contributed by atoms with E-state index < -0.39 is 0 Å². The molecule has 106 valence electrons. The van der Waals surface area contributed by atoms with Gasteiger partial charge in [-0.1, -0.05) is 6.92 Å². The highest BCUT2D eigenvalue weighted by molar-refractivity contribution is 4.90. The van der Waals surface area contributed by atoms with Crippen LogP contribution in [0.2, 0.25) is 0 Å². The lowest BCUT2D eigenvalue weighted by Crippen LogP contribution is -2.60. The molecule has 1 N–H and O–H groups in total. The molecule has 2 rings (SSSR count). The molecule has 4 atom stereocenters. The SMILES string of the molecule is CCCNC1CCOCC1N1CC(C)OC(C)C1. The predicted molar refractivity (Wildman–Crippen MR) is 72.9 cm³/mol. The van der Waals surface area contributed by atoms with Crippen LogP contribution in [0.1, 0.15) is 33.6 Å². The lowest BCUT2D eigenvalue weighted by atomic mass is 10.00. The van der Waals surface area contributed by atoms with Crippen LogP contribution in [0.15, 0.2) is 0 Å². The normalized spacial score (nSPS) is 38.8. The molecule has 0 spiro atoms. The van der Waals surface area contributed by atoms with Gasteiger partial charge in [0.2, 0.25) is 0 Å². The molecule has 0 aliphatic carbocycles. The highest BCUT2D eigenvalue weighted by atomic mass is 16.5. The van der Waals surface area contributed by atoms with E-state index in [2.05, 4.69) is 31.0 Å². The summed E-state index contributed by atoms with van der Waals surface area (Å²) in [5.41, 5.74) is 0. The molecule has 18 heavy (non-hydrogen) atoms. The largest absolute Gasteiger partial charge is 0.380 e. The van der Waals surface area contributed by atoms with Gasteiger partial charge >= 0.3 is 0 Å². The summed E-state index contributed by atoms with van der Waals surface area (Å²) in [5, 5.41) is 3.69. The third-order valence-electron chi connectivity index (χ3n) is 3.90. The van der Waals surface area contributed by atoms with E-state index in [1.807, 2.05) is 0 Å². The Balaban J connectivity index is 1.94. The van der Waals surface area contributed by atoms with E-state index in [9.17, 15) is 0 Å². The van der Waals surface area contributed by atoms with Crippen LogP contribution in [0.4, 0.5) is 0 Å². The van der Waals surface area contributed by atoms with Crippen molar-refractivity contribution in [3.63, 3.8) is 0 Å². The average Bonchev–Trinajstić information content (AvgIpc) is 2.35. The maximum absolute atomic E-state index is 5.82. The van der Waals surface area contributed by atoms with Gasteiger partial charge in [0.05, 0.1) is 18.8 Å². The lowest BCUT2D eigenvalue weighted by molar-refractivity contribution is -0.104. The van der Waals surface area contributed by atoms with Crippen LogP contribution in [0.25, 0.3) is 0 Å². The van der Waals surface area contributed by atoms with Crippen LogP contribution in [-0.2, 0) is 9.47 Å². The summed E-state index contributed by atoms with van der Waals surface area (Å²) < 4.78 is 11.5. The quantitative estimate of drug-likeness (QED) is 0.821. The van der Waals surface area contributed by atoms with Gasteiger partial charge in [-0.05, 0) is 33.2 Å². The van der Waals surface area contributed by atoms with Crippen molar-refractivity contribution in [1.82, 2.24) is 10.2 Å². The minimum atomic E-state index is 0.336. The van der Waals surface area contributed by atoms with E-state index in [1.54, 1.807) is 0 Å². The van der Waals surface area contributed by atoms with Crippen molar-refractivity contribution >= 4 is 0 Å². The first-order valence-corrected chi connectivity index (χ1v) is 7.41. The van der Waals surface area contributed by atoms with Gasteiger partial charge in [-0.3, -0.25) is 4.90 Å². The van der Waals surface area contributed by atoms with Crippen LogP contribution in [0, 0.1) is 0 Å². The lowest BCUT2D eigenvalue weighted by Gasteiger charge is -2.45. The predicted octanol–water partition coefficient (Wildman–Crippen LogP) is 1.25. The Morgan fingerprint density at radius 3 is 2.61 bits per heavy atom. The fraction of sp³-hybridized carbons (Fsp3) is 1.00. The summed E-state index contributed by atoms with van der Waals surface area (Å²) in [5.74, 6) is 0. The summed E-state index contributed by atoms with van der Waals surface area (Å²) in [6.45, 7) is 11.5. The fourth-order valence-electron chi connectivity index (χ4n) is 3.14. The van der Waals surface area contributed by atoms with Crippen molar-refractivity contribution < 1.29 is 9.47 Å². The fourth-order valence-corrected chi connectivity index (χ4v) is 3.14. The van der Waals surface area contributed by atoms with E-state index in [4.69, 9.17) is 9.47 Å². The van der Waals surface area contributed by atoms with Crippen LogP contribution >= 0.6 is 0 Å². The van der Waals surface area contributed by atoms with Gasteiger partial charge in [-0.25, -0.2) is 0 Å². The van der Waals surface area contributed by atoms with Crippen molar-refractivity contribution in [1.29, 1.82) is 0 Å². The van der Waals surface area contributed by atoms with Gasteiger partial charge < -0.3 is 14.8 Å². The first kappa shape index (κ1) is 14.3. The Labute approximate surface area is 111 Å². The molecule has 0 aromatic rings. The topological polar surface area (TPSA) is 33.7 Å². The number of hydrogen-bond donors (Lipinski definition) is 1. The summed E-state index contributed by atoms with van der Waals surface area (Å²) in [4.78, 5) is 2.56. The maximum Gasteiger partial charge on any atom is 0.0678 e. The van der Waals surface area contributed by atoms with E-state index in [1.165, 1.54) is 6.42 Å². The van der Waals surface area contributed by atoms with E-state index >= 15 is 0 Å². The molecule has 0 bridgehead atoms. The second-order valence-electron chi connectivity index (χ2n) is 5.70. The third kappa shape index (κ3) is 3.67. The van der Waals surface area contributed by atoms with Gasteiger partial charge in [-0.2, -0.15) is 0 Å². The second-order valence-corrected chi connectivity index (χ2v) is 5.70.